The van der Waals surface area contributed by atoms with Gasteiger partial charge in [-0.05, 0) is 37.5 Å². The van der Waals surface area contributed by atoms with Crippen LogP contribution < -0.4 is 0 Å². The van der Waals surface area contributed by atoms with Crippen molar-refractivity contribution in [3.63, 3.8) is 0 Å². The molecule has 1 aromatic rings. The molecule has 1 atom stereocenters. The summed E-state index contributed by atoms with van der Waals surface area (Å²) in [6, 6.07) is 8.01. The number of halogens is 1. The number of hydrogen-bond acceptors (Lipinski definition) is 2. The summed E-state index contributed by atoms with van der Waals surface area (Å²) in [5.74, 6) is 0.132. The van der Waals surface area contributed by atoms with Gasteiger partial charge in [0.2, 0.25) is 5.91 Å². The first kappa shape index (κ1) is 13.6. The molecule has 0 saturated carbocycles. The van der Waals surface area contributed by atoms with E-state index in [1.807, 2.05) is 24.3 Å². The fourth-order valence-corrected chi connectivity index (χ4v) is 2.71. The van der Waals surface area contributed by atoms with Crippen LogP contribution in [-0.4, -0.2) is 34.6 Å². The maximum absolute atomic E-state index is 12.0. The minimum Gasteiger partial charge on any atom is -0.388 e. The predicted molar refractivity (Wildman–Crippen MR) is 74.3 cm³/mol. The Morgan fingerprint density at radius 1 is 1.56 bits per heavy atom. The lowest BCUT2D eigenvalue weighted by molar-refractivity contribution is -0.131. The van der Waals surface area contributed by atoms with Gasteiger partial charge in [-0.3, -0.25) is 4.79 Å². The van der Waals surface area contributed by atoms with Gasteiger partial charge >= 0.3 is 0 Å². The molecule has 1 fully saturated rings. The molecule has 1 saturated heterocycles. The zero-order valence-corrected chi connectivity index (χ0v) is 12.1. The van der Waals surface area contributed by atoms with E-state index in [1.54, 1.807) is 11.8 Å². The Hall–Kier alpha value is -0.870. The standard InChI is InChI=1S/C14H18BrNO2/c1-14(18)7-8-16(10-14)13(17)6-5-11-3-2-4-12(15)9-11/h2-4,9,18H,5-8,10H2,1H3. The van der Waals surface area contributed by atoms with Gasteiger partial charge < -0.3 is 10.0 Å². The summed E-state index contributed by atoms with van der Waals surface area (Å²) >= 11 is 3.42. The van der Waals surface area contributed by atoms with Gasteiger partial charge in [0.05, 0.1) is 5.60 Å². The minimum atomic E-state index is -0.703. The molecule has 18 heavy (non-hydrogen) atoms. The number of benzene rings is 1. The van der Waals surface area contributed by atoms with E-state index >= 15 is 0 Å². The van der Waals surface area contributed by atoms with E-state index in [0.29, 0.717) is 25.9 Å². The van der Waals surface area contributed by atoms with Crippen LogP contribution in [0.3, 0.4) is 0 Å². The number of rotatable bonds is 3. The Morgan fingerprint density at radius 2 is 2.33 bits per heavy atom. The zero-order valence-electron chi connectivity index (χ0n) is 10.5. The second-order valence-corrected chi connectivity index (χ2v) is 6.11. The number of likely N-dealkylation sites (tertiary alicyclic amines) is 1. The van der Waals surface area contributed by atoms with E-state index in [0.717, 1.165) is 16.5 Å². The molecule has 1 aromatic carbocycles. The quantitative estimate of drug-likeness (QED) is 0.931. The molecule has 0 spiro atoms. The van der Waals surface area contributed by atoms with Crippen LogP contribution in [-0.2, 0) is 11.2 Å². The number of carbonyl (C=O) groups is 1. The van der Waals surface area contributed by atoms with E-state index in [9.17, 15) is 9.90 Å². The van der Waals surface area contributed by atoms with Crippen LogP contribution in [0.25, 0.3) is 0 Å². The molecule has 1 heterocycles. The number of nitrogens with zero attached hydrogens (tertiary/aromatic N) is 1. The van der Waals surface area contributed by atoms with E-state index in [1.165, 1.54) is 0 Å². The van der Waals surface area contributed by atoms with E-state index in [2.05, 4.69) is 15.9 Å². The van der Waals surface area contributed by atoms with Crippen LogP contribution in [0.15, 0.2) is 28.7 Å². The highest BCUT2D eigenvalue weighted by atomic mass is 79.9. The third kappa shape index (κ3) is 3.56. The summed E-state index contributed by atoms with van der Waals surface area (Å²) in [6.45, 7) is 2.92. The first-order valence-corrected chi connectivity index (χ1v) is 7.00. The molecule has 1 N–H and O–H groups in total. The highest BCUT2D eigenvalue weighted by molar-refractivity contribution is 9.10. The number of amides is 1. The second kappa shape index (κ2) is 5.41. The summed E-state index contributed by atoms with van der Waals surface area (Å²) in [5.41, 5.74) is 0.453. The van der Waals surface area contributed by atoms with Crippen molar-refractivity contribution in [1.29, 1.82) is 0 Å². The Morgan fingerprint density at radius 3 is 2.94 bits per heavy atom. The maximum Gasteiger partial charge on any atom is 0.223 e. The lowest BCUT2D eigenvalue weighted by Crippen LogP contribution is -2.33. The van der Waals surface area contributed by atoms with Gasteiger partial charge in [-0.1, -0.05) is 28.1 Å². The van der Waals surface area contributed by atoms with Crippen LogP contribution in [0.4, 0.5) is 0 Å². The number of β-amino-alcohol motifs (C(OH)–C–C–N with tert-alkyl or cyclic N) is 1. The highest BCUT2D eigenvalue weighted by Gasteiger charge is 2.33. The average molecular weight is 312 g/mol. The summed E-state index contributed by atoms with van der Waals surface area (Å²) in [6.07, 6.45) is 1.93. The monoisotopic (exact) mass is 311 g/mol. The average Bonchev–Trinajstić information content (AvgIpc) is 2.67. The molecule has 2 rings (SSSR count). The van der Waals surface area contributed by atoms with Gasteiger partial charge in [0.1, 0.15) is 0 Å². The normalized spacial score (nSPS) is 23.4. The molecule has 1 aliphatic rings. The molecular formula is C14H18BrNO2. The fourth-order valence-electron chi connectivity index (χ4n) is 2.26. The van der Waals surface area contributed by atoms with Crippen molar-refractivity contribution in [3.8, 4) is 0 Å². The molecule has 98 valence electrons. The lowest BCUT2D eigenvalue weighted by atomic mass is 10.1. The number of aryl methyl sites for hydroxylation is 1. The first-order chi connectivity index (χ1) is 8.46. The molecule has 0 aromatic heterocycles. The Labute approximate surface area is 116 Å². The molecule has 1 unspecified atom stereocenters. The van der Waals surface area contributed by atoms with Crippen LogP contribution in [0.5, 0.6) is 0 Å². The Balaban J connectivity index is 1.86. The van der Waals surface area contributed by atoms with Crippen LogP contribution >= 0.6 is 15.9 Å². The number of aliphatic hydroxyl groups is 1. The molecule has 4 heteroatoms. The van der Waals surface area contributed by atoms with Gasteiger partial charge in [-0.15, -0.1) is 0 Å². The van der Waals surface area contributed by atoms with E-state index in [-0.39, 0.29) is 5.91 Å². The number of hydrogen-bond donors (Lipinski definition) is 1. The molecule has 0 aliphatic carbocycles. The van der Waals surface area contributed by atoms with Crippen molar-refractivity contribution in [1.82, 2.24) is 4.90 Å². The molecular weight excluding hydrogens is 294 g/mol. The molecule has 1 amide bonds. The third-order valence-electron chi connectivity index (χ3n) is 3.32. The largest absolute Gasteiger partial charge is 0.388 e. The van der Waals surface area contributed by atoms with E-state index in [4.69, 9.17) is 0 Å². The van der Waals surface area contributed by atoms with Crippen LogP contribution in [0.1, 0.15) is 25.3 Å². The summed E-state index contributed by atoms with van der Waals surface area (Å²) < 4.78 is 1.04. The van der Waals surface area contributed by atoms with Crippen molar-refractivity contribution in [2.75, 3.05) is 13.1 Å². The zero-order chi connectivity index (χ0) is 13.2. The molecule has 0 bridgehead atoms. The van der Waals surface area contributed by atoms with Crippen molar-refractivity contribution in [2.45, 2.75) is 31.8 Å². The summed E-state index contributed by atoms with van der Waals surface area (Å²) in [7, 11) is 0. The molecule has 3 nitrogen and oxygen atoms in total. The Kier molecular flexibility index (Phi) is 4.07. The first-order valence-electron chi connectivity index (χ1n) is 6.21. The van der Waals surface area contributed by atoms with Gasteiger partial charge in [-0.25, -0.2) is 0 Å². The van der Waals surface area contributed by atoms with Crippen molar-refractivity contribution >= 4 is 21.8 Å². The smallest absolute Gasteiger partial charge is 0.223 e. The summed E-state index contributed by atoms with van der Waals surface area (Å²) in [4.78, 5) is 13.8. The molecule has 1 aliphatic heterocycles. The van der Waals surface area contributed by atoms with Crippen molar-refractivity contribution in [2.24, 2.45) is 0 Å². The number of carbonyl (C=O) groups excluding carboxylic acids is 1. The Bertz CT molecular complexity index is 445. The van der Waals surface area contributed by atoms with Crippen LogP contribution in [0, 0.1) is 0 Å². The summed E-state index contributed by atoms with van der Waals surface area (Å²) in [5, 5.41) is 9.84. The van der Waals surface area contributed by atoms with Gasteiger partial charge in [-0.2, -0.15) is 0 Å². The predicted octanol–water partition coefficient (Wildman–Crippen LogP) is 2.37. The van der Waals surface area contributed by atoms with E-state index < -0.39 is 5.60 Å². The second-order valence-electron chi connectivity index (χ2n) is 5.19. The topological polar surface area (TPSA) is 40.5 Å². The van der Waals surface area contributed by atoms with Crippen molar-refractivity contribution < 1.29 is 9.90 Å². The van der Waals surface area contributed by atoms with Gasteiger partial charge in [0, 0.05) is 24.0 Å². The minimum absolute atomic E-state index is 0.132. The van der Waals surface area contributed by atoms with Gasteiger partial charge in [0.15, 0.2) is 0 Å². The van der Waals surface area contributed by atoms with Gasteiger partial charge in [0.25, 0.3) is 0 Å². The third-order valence-corrected chi connectivity index (χ3v) is 3.81. The molecule has 0 radical (unpaired) electrons. The fraction of sp³-hybridized carbons (Fsp3) is 0.500. The highest BCUT2D eigenvalue weighted by Crippen LogP contribution is 2.21. The maximum atomic E-state index is 12.0. The van der Waals surface area contributed by atoms with Crippen LogP contribution in [0.2, 0.25) is 0 Å². The van der Waals surface area contributed by atoms with Crippen molar-refractivity contribution in [3.05, 3.63) is 34.3 Å². The SMILES string of the molecule is CC1(O)CCN(C(=O)CCc2cccc(Br)c2)C1. The lowest BCUT2D eigenvalue weighted by Gasteiger charge is -2.19.